The highest BCUT2D eigenvalue weighted by molar-refractivity contribution is 7.91. The van der Waals surface area contributed by atoms with Crippen molar-refractivity contribution in [3.05, 3.63) is 36.3 Å². The number of carbonyl (C=O) groups excluding carboxylic acids is 4. The first-order valence-electron chi connectivity index (χ1n) is 19.9. The van der Waals surface area contributed by atoms with Crippen molar-refractivity contribution in [3.63, 3.8) is 0 Å². The molecule has 1 aromatic carbocycles. The molecule has 6 rings (SSSR count). The fourth-order valence-electron chi connectivity index (χ4n) is 7.96. The number of alkyl halides is 4. The van der Waals surface area contributed by atoms with Gasteiger partial charge in [-0.15, -0.1) is 0 Å². The number of allylic oxidation sites excluding steroid dienone is 1. The van der Waals surface area contributed by atoms with Gasteiger partial charge >= 0.3 is 12.3 Å². The zero-order valence-electron chi connectivity index (χ0n) is 34.5. The van der Waals surface area contributed by atoms with Crippen LogP contribution in [0, 0.1) is 23.6 Å². The third-order valence-electron chi connectivity index (χ3n) is 12.2. The number of alkyl carbamates (subject to hydrolysis) is 1. The van der Waals surface area contributed by atoms with Crippen molar-refractivity contribution in [3.8, 4) is 17.4 Å². The lowest BCUT2D eigenvalue weighted by Crippen LogP contribution is -2.60. The highest BCUT2D eigenvalue weighted by atomic mass is 32.2. The van der Waals surface area contributed by atoms with Gasteiger partial charge in [-0.25, -0.2) is 27.0 Å². The van der Waals surface area contributed by atoms with Gasteiger partial charge in [0.25, 0.3) is 5.91 Å². The lowest BCUT2D eigenvalue weighted by atomic mass is 9.88. The number of benzene rings is 1. The number of pyridine rings is 1. The number of fused-ring (bicyclic) bond motifs is 3. The summed E-state index contributed by atoms with van der Waals surface area (Å²) in [5.41, 5.74) is -4.77. The van der Waals surface area contributed by atoms with Crippen molar-refractivity contribution in [2.45, 2.75) is 113 Å². The summed E-state index contributed by atoms with van der Waals surface area (Å²) in [7, 11) is -1.85. The lowest BCUT2D eigenvalue weighted by Gasteiger charge is -2.34. The predicted octanol–water partition coefficient (Wildman–Crippen LogP) is 5.01. The molecule has 3 heterocycles. The zero-order valence-corrected chi connectivity index (χ0v) is 35.3. The van der Waals surface area contributed by atoms with Crippen LogP contribution in [0.2, 0.25) is 0 Å². The minimum atomic E-state index is -4.96. The van der Waals surface area contributed by atoms with Crippen molar-refractivity contribution in [1.82, 2.24) is 25.2 Å². The third-order valence-corrected chi connectivity index (χ3v) is 14.3. The van der Waals surface area contributed by atoms with E-state index in [2.05, 4.69) is 15.6 Å². The lowest BCUT2D eigenvalue weighted by molar-refractivity contribution is -0.244. The highest BCUT2D eigenvalue weighted by Crippen LogP contribution is 2.48. The molecule has 61 heavy (non-hydrogen) atoms. The Morgan fingerprint density at radius 1 is 1.05 bits per heavy atom. The predicted molar refractivity (Wildman–Crippen MR) is 208 cm³/mol. The maximum Gasteiger partial charge on any atom is 0.427 e. The summed E-state index contributed by atoms with van der Waals surface area (Å²) in [5, 5.41) is 5.47. The Bertz CT molecular complexity index is 2200. The second-order valence-electron chi connectivity index (χ2n) is 17.0. The van der Waals surface area contributed by atoms with Crippen molar-refractivity contribution in [1.29, 1.82) is 0 Å². The van der Waals surface area contributed by atoms with Crippen molar-refractivity contribution in [2.24, 2.45) is 17.8 Å². The number of hydrogen-bond acceptors (Lipinski definition) is 11. The maximum absolute atomic E-state index is 15.1. The molecule has 2 saturated carbocycles. The Labute approximate surface area is 349 Å². The molecule has 2 aliphatic heterocycles. The van der Waals surface area contributed by atoms with Gasteiger partial charge in [-0.05, 0) is 76.3 Å². The van der Waals surface area contributed by atoms with Crippen LogP contribution >= 0.6 is 0 Å². The molecule has 2 aromatic rings. The van der Waals surface area contributed by atoms with Gasteiger partial charge in [-0.1, -0.05) is 26.0 Å². The molecule has 336 valence electrons. The highest BCUT2D eigenvalue weighted by Gasteiger charge is 2.64. The fourth-order valence-corrected chi connectivity index (χ4v) is 9.38. The van der Waals surface area contributed by atoms with Gasteiger partial charge in [0, 0.05) is 17.7 Å². The molecule has 7 atom stereocenters. The van der Waals surface area contributed by atoms with Crippen LogP contribution in [0.1, 0.15) is 72.6 Å². The molecule has 21 heteroatoms. The van der Waals surface area contributed by atoms with E-state index in [1.807, 2.05) is 11.6 Å². The summed E-state index contributed by atoms with van der Waals surface area (Å²) in [4.78, 5) is 61.7. The number of amides is 4. The Hall–Kier alpha value is -4.95. The van der Waals surface area contributed by atoms with Crippen molar-refractivity contribution < 1.29 is 68.5 Å². The van der Waals surface area contributed by atoms with Gasteiger partial charge in [0.2, 0.25) is 33.3 Å². The maximum atomic E-state index is 15.1. The van der Waals surface area contributed by atoms with Crippen molar-refractivity contribution in [2.75, 3.05) is 27.4 Å². The molecule has 15 nitrogen and oxygen atoms in total. The van der Waals surface area contributed by atoms with E-state index in [4.69, 9.17) is 18.9 Å². The molecule has 3 fully saturated rings. The summed E-state index contributed by atoms with van der Waals surface area (Å²) in [6, 6.07) is -0.544. The number of carbonyl (C=O) groups is 4. The Morgan fingerprint density at radius 2 is 1.74 bits per heavy atom. The van der Waals surface area contributed by atoms with Crippen LogP contribution in [0.15, 0.2) is 30.5 Å². The van der Waals surface area contributed by atoms with Crippen LogP contribution < -0.4 is 29.6 Å². The average Bonchev–Trinajstić information content (AvgIpc) is 4.09. The van der Waals surface area contributed by atoms with Crippen LogP contribution in [-0.4, -0.2) is 110 Å². The molecule has 0 spiro atoms. The van der Waals surface area contributed by atoms with E-state index in [9.17, 15) is 45.2 Å². The molecule has 1 aromatic heterocycles. The van der Waals surface area contributed by atoms with Gasteiger partial charge in [-0.3, -0.25) is 19.1 Å². The average molecular weight is 888 g/mol. The summed E-state index contributed by atoms with van der Waals surface area (Å²) >= 11 is 0. The normalized spacial score (nSPS) is 28.0. The number of halogens is 5. The first-order chi connectivity index (χ1) is 28.5. The number of hydrogen-bond donors (Lipinski definition) is 3. The van der Waals surface area contributed by atoms with E-state index < -0.39 is 98.4 Å². The second-order valence-corrected chi connectivity index (χ2v) is 19.1. The minimum absolute atomic E-state index is 0.000909. The van der Waals surface area contributed by atoms with Crippen LogP contribution in [0.3, 0.4) is 0 Å². The summed E-state index contributed by atoms with van der Waals surface area (Å²) in [6.07, 6.45) is -1.83. The van der Waals surface area contributed by atoms with Gasteiger partial charge in [0.05, 0.1) is 32.3 Å². The third kappa shape index (κ3) is 9.02. The van der Waals surface area contributed by atoms with Gasteiger partial charge < -0.3 is 34.5 Å². The van der Waals surface area contributed by atoms with Crippen LogP contribution in [-0.2, 0) is 29.1 Å². The van der Waals surface area contributed by atoms with Crippen molar-refractivity contribution >= 4 is 44.6 Å². The van der Waals surface area contributed by atoms with E-state index in [1.54, 1.807) is 19.1 Å². The van der Waals surface area contributed by atoms with E-state index in [0.717, 1.165) is 11.0 Å². The molecule has 7 unspecified atom stereocenters. The number of nitrogens with zero attached hydrogens (tertiary/aromatic N) is 2. The summed E-state index contributed by atoms with van der Waals surface area (Å²) in [5.74, 6) is -5.19. The van der Waals surface area contributed by atoms with Gasteiger partial charge in [0.1, 0.15) is 40.9 Å². The number of sulfonamides is 1. The topological polar surface area (TPSA) is 192 Å². The molecule has 1 saturated heterocycles. The molecule has 0 radical (unpaired) electrons. The first kappa shape index (κ1) is 45.6. The molecule has 4 aliphatic rings. The monoisotopic (exact) mass is 887 g/mol. The molecule has 3 N–H and O–H groups in total. The van der Waals surface area contributed by atoms with E-state index in [-0.39, 0.29) is 60.9 Å². The Balaban J connectivity index is 1.38. The number of nitrogens with one attached hydrogen (secondary N) is 3. The fraction of sp³-hybridized carbons (Fsp3) is 0.625. The van der Waals surface area contributed by atoms with E-state index >= 15 is 4.39 Å². The largest absolute Gasteiger partial charge is 0.494 e. The molecular formula is C40H50F5N5O10S. The second kappa shape index (κ2) is 16.7. The van der Waals surface area contributed by atoms with E-state index in [1.165, 1.54) is 26.5 Å². The standard InChI is InChI=1S/C40H50F5N5O10S/c1-21-9-7-8-10-23-17-39(23,35(53)49-61(55,56)38(20-41)11-12-38)48-32(51)28-14-24(59-33-26-15-27(42)29(57-5)16-25(26)30(58-6)18-46-33)19-50(28)34(52)31(22(2)13-21)47-36(54)60-37(3,4)40(43,44)45/h8,10,15-16,18,21-24,28,31H,7,9,11-14,17,19-20H2,1-6H3,(H,47,54)(H,48,51)(H,49,53). The van der Waals surface area contributed by atoms with Crippen LogP contribution in [0.4, 0.5) is 26.7 Å². The Morgan fingerprint density at radius 3 is 2.36 bits per heavy atom. The zero-order chi connectivity index (χ0) is 44.9. The number of ether oxygens (including phenoxy) is 4. The molecule has 2 aliphatic carbocycles. The summed E-state index contributed by atoms with van der Waals surface area (Å²) in [6.45, 7) is 3.21. The van der Waals surface area contributed by atoms with Gasteiger partial charge in [0.15, 0.2) is 11.6 Å². The van der Waals surface area contributed by atoms with E-state index in [0.29, 0.717) is 38.5 Å². The molecular weight excluding hydrogens is 838 g/mol. The Kier molecular flexibility index (Phi) is 12.5. The summed E-state index contributed by atoms with van der Waals surface area (Å²) < 4.78 is 118. The van der Waals surface area contributed by atoms with Gasteiger partial charge in [-0.2, -0.15) is 13.2 Å². The molecule has 0 bridgehead atoms. The first-order valence-corrected chi connectivity index (χ1v) is 21.4. The molecule has 4 amide bonds. The smallest absolute Gasteiger partial charge is 0.427 e. The minimum Gasteiger partial charge on any atom is -0.494 e. The van der Waals surface area contributed by atoms with Crippen LogP contribution in [0.5, 0.6) is 17.4 Å². The van der Waals surface area contributed by atoms with Crippen LogP contribution in [0.25, 0.3) is 10.8 Å². The number of rotatable bonds is 10. The number of aromatic nitrogens is 1. The number of methoxy groups -OCH3 is 2. The SMILES string of the molecule is COc1cc2c(OC)cnc(OC3CC4C(=O)NC5(C(=O)NS(=O)(=O)C6(CF)CC6)CC5C=CCCC(C)CC(C)C(NC(=O)OC(C)(C)C(F)(F)F)C(=O)N4C3)c2cc1F. The quantitative estimate of drug-likeness (QED) is 0.215.